The molecule has 2 amide bonds. The molecule has 1 aromatic rings. The van der Waals surface area contributed by atoms with E-state index >= 15 is 0 Å². The van der Waals surface area contributed by atoms with Crippen molar-refractivity contribution in [2.24, 2.45) is 0 Å². The molecular weight excluding hydrogens is 264 g/mol. The summed E-state index contributed by atoms with van der Waals surface area (Å²) in [7, 11) is 0. The highest BCUT2D eigenvalue weighted by molar-refractivity contribution is 5.97. The summed E-state index contributed by atoms with van der Waals surface area (Å²) in [4.78, 5) is 26.3. The van der Waals surface area contributed by atoms with Gasteiger partial charge in [-0.1, -0.05) is 19.1 Å². The molecule has 4 nitrogen and oxygen atoms in total. The van der Waals surface area contributed by atoms with Crippen molar-refractivity contribution >= 4 is 11.8 Å². The third kappa shape index (κ3) is 4.06. The number of likely N-dealkylation sites (tertiary alicyclic amines) is 1. The SMILES string of the molecule is CCc1ccc(C(=O)N[C@@H](C)C(=O)N2CCCCC2)cc1. The van der Waals surface area contributed by atoms with Gasteiger partial charge >= 0.3 is 0 Å². The lowest BCUT2D eigenvalue weighted by molar-refractivity contribution is -0.133. The standard InChI is InChI=1S/C17H24N2O2/c1-3-14-7-9-15(10-8-14)16(20)18-13(2)17(21)19-11-5-4-6-12-19/h7-10,13H,3-6,11-12H2,1-2H3,(H,18,20)/t13-/m0/s1. The van der Waals surface area contributed by atoms with E-state index in [2.05, 4.69) is 12.2 Å². The van der Waals surface area contributed by atoms with Crippen LogP contribution in [0.15, 0.2) is 24.3 Å². The zero-order valence-corrected chi connectivity index (χ0v) is 12.9. The third-order valence-corrected chi connectivity index (χ3v) is 4.01. The molecule has 1 saturated heterocycles. The van der Waals surface area contributed by atoms with Crippen LogP contribution in [0.25, 0.3) is 0 Å². The van der Waals surface area contributed by atoms with Crippen LogP contribution in [0.3, 0.4) is 0 Å². The highest BCUT2D eigenvalue weighted by Gasteiger charge is 2.23. The minimum Gasteiger partial charge on any atom is -0.341 e. The zero-order valence-electron chi connectivity index (χ0n) is 12.9. The van der Waals surface area contributed by atoms with Gasteiger partial charge in [-0.05, 0) is 50.3 Å². The van der Waals surface area contributed by atoms with Crippen LogP contribution in [-0.4, -0.2) is 35.8 Å². The molecule has 1 atom stereocenters. The Balaban J connectivity index is 1.92. The largest absolute Gasteiger partial charge is 0.341 e. The van der Waals surface area contributed by atoms with Crippen molar-refractivity contribution in [1.82, 2.24) is 10.2 Å². The van der Waals surface area contributed by atoms with Crippen LogP contribution in [0.2, 0.25) is 0 Å². The minimum atomic E-state index is -0.471. The summed E-state index contributed by atoms with van der Waals surface area (Å²) in [5.41, 5.74) is 1.80. The zero-order chi connectivity index (χ0) is 15.2. The van der Waals surface area contributed by atoms with Gasteiger partial charge in [0.25, 0.3) is 5.91 Å². The molecule has 1 fully saturated rings. The molecule has 0 radical (unpaired) electrons. The van der Waals surface area contributed by atoms with E-state index in [4.69, 9.17) is 0 Å². The first kappa shape index (κ1) is 15.5. The maximum atomic E-state index is 12.3. The molecule has 114 valence electrons. The first-order valence-corrected chi connectivity index (χ1v) is 7.80. The van der Waals surface area contributed by atoms with Gasteiger partial charge in [0.1, 0.15) is 6.04 Å². The van der Waals surface area contributed by atoms with Gasteiger partial charge < -0.3 is 10.2 Å². The van der Waals surface area contributed by atoms with Gasteiger partial charge in [0.15, 0.2) is 0 Å². The maximum absolute atomic E-state index is 12.3. The Hall–Kier alpha value is -1.84. The van der Waals surface area contributed by atoms with Gasteiger partial charge in [0, 0.05) is 18.7 Å². The first-order chi connectivity index (χ1) is 10.1. The Morgan fingerprint density at radius 3 is 2.33 bits per heavy atom. The summed E-state index contributed by atoms with van der Waals surface area (Å²) >= 11 is 0. The molecule has 4 heteroatoms. The fourth-order valence-corrected chi connectivity index (χ4v) is 2.62. The number of hydrogen-bond donors (Lipinski definition) is 1. The van der Waals surface area contributed by atoms with E-state index in [1.54, 1.807) is 6.92 Å². The smallest absolute Gasteiger partial charge is 0.251 e. The van der Waals surface area contributed by atoms with Gasteiger partial charge in [-0.3, -0.25) is 9.59 Å². The van der Waals surface area contributed by atoms with Crippen molar-refractivity contribution in [2.45, 2.75) is 45.6 Å². The molecule has 21 heavy (non-hydrogen) atoms. The summed E-state index contributed by atoms with van der Waals surface area (Å²) in [6, 6.07) is 7.05. The van der Waals surface area contributed by atoms with Crippen LogP contribution in [0, 0.1) is 0 Å². The van der Waals surface area contributed by atoms with Crippen molar-refractivity contribution in [3.8, 4) is 0 Å². The van der Waals surface area contributed by atoms with E-state index in [0.717, 1.165) is 32.4 Å². The van der Waals surface area contributed by atoms with Crippen molar-refractivity contribution in [3.05, 3.63) is 35.4 Å². The molecule has 0 bridgehead atoms. The Morgan fingerprint density at radius 1 is 1.14 bits per heavy atom. The predicted octanol–water partition coefficient (Wildman–Crippen LogP) is 2.38. The quantitative estimate of drug-likeness (QED) is 0.924. The van der Waals surface area contributed by atoms with Crippen molar-refractivity contribution in [1.29, 1.82) is 0 Å². The normalized spacial score (nSPS) is 16.4. The first-order valence-electron chi connectivity index (χ1n) is 7.80. The lowest BCUT2D eigenvalue weighted by Crippen LogP contribution is -2.48. The van der Waals surface area contributed by atoms with E-state index in [0.29, 0.717) is 5.56 Å². The number of rotatable bonds is 4. The summed E-state index contributed by atoms with van der Waals surface area (Å²) < 4.78 is 0. The summed E-state index contributed by atoms with van der Waals surface area (Å²) in [5.74, 6) is -0.163. The Labute approximate surface area is 126 Å². The molecule has 0 aliphatic carbocycles. The maximum Gasteiger partial charge on any atom is 0.251 e. The van der Waals surface area contributed by atoms with Gasteiger partial charge in [0.05, 0.1) is 0 Å². The topological polar surface area (TPSA) is 49.4 Å². The molecule has 0 spiro atoms. The molecule has 0 saturated carbocycles. The lowest BCUT2D eigenvalue weighted by Gasteiger charge is -2.29. The second-order valence-corrected chi connectivity index (χ2v) is 5.63. The average molecular weight is 288 g/mol. The van der Waals surface area contributed by atoms with Crippen LogP contribution in [0.4, 0.5) is 0 Å². The highest BCUT2D eigenvalue weighted by atomic mass is 16.2. The van der Waals surface area contributed by atoms with E-state index in [-0.39, 0.29) is 11.8 Å². The fraction of sp³-hybridized carbons (Fsp3) is 0.529. The van der Waals surface area contributed by atoms with Crippen molar-refractivity contribution < 1.29 is 9.59 Å². The molecule has 1 aliphatic rings. The second-order valence-electron chi connectivity index (χ2n) is 5.63. The van der Waals surface area contributed by atoms with E-state index < -0.39 is 6.04 Å². The molecule has 1 heterocycles. The average Bonchev–Trinajstić information content (AvgIpc) is 2.55. The Kier molecular flexibility index (Phi) is 5.37. The molecule has 1 N–H and O–H groups in total. The molecule has 2 rings (SSSR count). The number of carbonyl (C=O) groups excluding carboxylic acids is 2. The summed E-state index contributed by atoms with van der Waals surface area (Å²) in [5, 5.41) is 2.80. The molecule has 0 aromatic heterocycles. The van der Waals surface area contributed by atoms with E-state index in [1.807, 2.05) is 29.2 Å². The fourth-order valence-electron chi connectivity index (χ4n) is 2.62. The van der Waals surface area contributed by atoms with Crippen LogP contribution in [-0.2, 0) is 11.2 Å². The number of nitrogens with one attached hydrogen (secondary N) is 1. The number of hydrogen-bond acceptors (Lipinski definition) is 2. The van der Waals surface area contributed by atoms with Gasteiger partial charge in [-0.15, -0.1) is 0 Å². The molecule has 0 unspecified atom stereocenters. The van der Waals surface area contributed by atoms with Crippen LogP contribution in [0.1, 0.15) is 49.0 Å². The van der Waals surface area contributed by atoms with Crippen molar-refractivity contribution in [3.63, 3.8) is 0 Å². The van der Waals surface area contributed by atoms with Crippen LogP contribution in [0.5, 0.6) is 0 Å². The third-order valence-electron chi connectivity index (χ3n) is 4.01. The highest BCUT2D eigenvalue weighted by Crippen LogP contribution is 2.10. The molecule has 1 aromatic carbocycles. The van der Waals surface area contributed by atoms with Crippen LogP contribution >= 0.6 is 0 Å². The second kappa shape index (κ2) is 7.25. The van der Waals surface area contributed by atoms with Gasteiger partial charge in [-0.2, -0.15) is 0 Å². The molecular formula is C17H24N2O2. The number of piperidine rings is 1. The van der Waals surface area contributed by atoms with E-state index in [1.165, 1.54) is 12.0 Å². The number of aryl methyl sites for hydroxylation is 1. The number of nitrogens with zero attached hydrogens (tertiary/aromatic N) is 1. The number of carbonyl (C=O) groups is 2. The number of benzene rings is 1. The van der Waals surface area contributed by atoms with E-state index in [9.17, 15) is 9.59 Å². The lowest BCUT2D eigenvalue weighted by atomic mass is 10.1. The minimum absolute atomic E-state index is 0.0215. The van der Waals surface area contributed by atoms with Gasteiger partial charge in [0.2, 0.25) is 5.91 Å². The van der Waals surface area contributed by atoms with Crippen molar-refractivity contribution in [2.75, 3.05) is 13.1 Å². The van der Waals surface area contributed by atoms with Gasteiger partial charge in [-0.25, -0.2) is 0 Å². The number of amides is 2. The monoisotopic (exact) mass is 288 g/mol. The van der Waals surface area contributed by atoms with Crippen LogP contribution < -0.4 is 5.32 Å². The summed E-state index contributed by atoms with van der Waals surface area (Å²) in [6.45, 7) is 5.46. The Morgan fingerprint density at radius 2 is 1.76 bits per heavy atom. The predicted molar refractivity (Wildman–Crippen MR) is 83.2 cm³/mol. The Bertz CT molecular complexity index is 490. The molecule has 1 aliphatic heterocycles. The summed E-state index contributed by atoms with van der Waals surface area (Å²) in [6.07, 6.45) is 4.26.